The van der Waals surface area contributed by atoms with Crippen LogP contribution in [0.25, 0.3) is 0 Å². The van der Waals surface area contributed by atoms with Gasteiger partial charge in [-0.05, 0) is 28.9 Å². The largest absolute Gasteiger partial charge is 0.488 e. The molecule has 3 nitrogen and oxygen atoms in total. The van der Waals surface area contributed by atoms with Crippen LogP contribution in [0.15, 0.2) is 16.6 Å². The highest BCUT2D eigenvalue weighted by atomic mass is 79.9. The van der Waals surface area contributed by atoms with Crippen molar-refractivity contribution < 1.29 is 9.47 Å². The van der Waals surface area contributed by atoms with E-state index < -0.39 is 0 Å². The van der Waals surface area contributed by atoms with E-state index in [2.05, 4.69) is 21.2 Å². The van der Waals surface area contributed by atoms with Gasteiger partial charge in [0, 0.05) is 30.7 Å². The van der Waals surface area contributed by atoms with Crippen molar-refractivity contribution in [1.29, 1.82) is 0 Å². The summed E-state index contributed by atoms with van der Waals surface area (Å²) < 4.78 is 11.4. The first-order valence-corrected chi connectivity index (χ1v) is 7.10. The fraction of sp³-hybridized carbons (Fsp3) is 0.500. The van der Waals surface area contributed by atoms with Crippen LogP contribution in [0.3, 0.4) is 0 Å². The maximum atomic E-state index is 6.08. The summed E-state index contributed by atoms with van der Waals surface area (Å²) in [5.41, 5.74) is 0. The van der Waals surface area contributed by atoms with Crippen molar-refractivity contribution in [1.82, 2.24) is 5.32 Å². The molecular weight excluding hydrogens is 341 g/mol. The zero-order valence-electron chi connectivity index (χ0n) is 10.3. The van der Waals surface area contributed by atoms with E-state index in [-0.39, 0.29) is 6.10 Å². The molecule has 6 heteroatoms. The Balaban J connectivity index is 2.48. The summed E-state index contributed by atoms with van der Waals surface area (Å²) >= 11 is 15.4. The van der Waals surface area contributed by atoms with Gasteiger partial charge in [-0.3, -0.25) is 0 Å². The molecule has 0 aliphatic heterocycles. The van der Waals surface area contributed by atoms with Gasteiger partial charge >= 0.3 is 0 Å². The molecule has 0 heterocycles. The molecule has 1 N–H and O–H groups in total. The zero-order valence-corrected chi connectivity index (χ0v) is 13.4. The molecule has 0 aliphatic rings. The number of halogens is 3. The van der Waals surface area contributed by atoms with Gasteiger partial charge in [0.1, 0.15) is 11.9 Å². The number of hydrogen-bond acceptors (Lipinski definition) is 3. The Hall–Kier alpha value is -0.0000000000000000555. The molecule has 1 atom stereocenters. The predicted molar refractivity (Wildman–Crippen MR) is 79.0 cm³/mol. The van der Waals surface area contributed by atoms with Crippen molar-refractivity contribution in [2.45, 2.75) is 13.0 Å². The molecule has 0 fully saturated rings. The molecule has 0 aromatic heterocycles. The van der Waals surface area contributed by atoms with Crippen molar-refractivity contribution >= 4 is 39.1 Å². The average Bonchev–Trinajstić information content (AvgIpc) is 2.32. The number of benzene rings is 1. The second kappa shape index (κ2) is 8.23. The van der Waals surface area contributed by atoms with Crippen LogP contribution in [-0.2, 0) is 4.74 Å². The average molecular weight is 357 g/mol. The molecule has 102 valence electrons. The summed E-state index contributed by atoms with van der Waals surface area (Å²) in [6, 6.07) is 3.43. The molecule has 1 aromatic carbocycles. The van der Waals surface area contributed by atoms with Crippen LogP contribution < -0.4 is 10.1 Å². The third-order valence-electron chi connectivity index (χ3n) is 2.22. The zero-order chi connectivity index (χ0) is 13.5. The van der Waals surface area contributed by atoms with Gasteiger partial charge in [0.15, 0.2) is 0 Å². The monoisotopic (exact) mass is 355 g/mol. The summed E-state index contributed by atoms with van der Waals surface area (Å²) in [6.07, 6.45) is -0.00315. The van der Waals surface area contributed by atoms with Gasteiger partial charge < -0.3 is 14.8 Å². The Bertz CT molecular complexity index is 391. The predicted octanol–water partition coefficient (Wildman–Crippen LogP) is 3.76. The number of rotatable bonds is 7. The Labute approximate surface area is 126 Å². The molecule has 0 bridgehead atoms. The first-order valence-electron chi connectivity index (χ1n) is 5.55. The molecule has 0 radical (unpaired) electrons. The Morgan fingerprint density at radius 1 is 1.33 bits per heavy atom. The van der Waals surface area contributed by atoms with Crippen LogP contribution in [-0.4, -0.2) is 32.9 Å². The minimum atomic E-state index is -0.00315. The van der Waals surface area contributed by atoms with E-state index in [0.717, 1.165) is 11.0 Å². The van der Waals surface area contributed by atoms with Crippen LogP contribution in [0, 0.1) is 0 Å². The number of nitrogens with one attached hydrogen (secondary N) is 1. The van der Waals surface area contributed by atoms with E-state index in [0.29, 0.717) is 28.9 Å². The summed E-state index contributed by atoms with van der Waals surface area (Å²) in [4.78, 5) is 0. The highest BCUT2D eigenvalue weighted by molar-refractivity contribution is 9.10. The van der Waals surface area contributed by atoms with Crippen LogP contribution in [0.4, 0.5) is 0 Å². The fourth-order valence-corrected chi connectivity index (χ4v) is 2.17. The highest BCUT2D eigenvalue weighted by Gasteiger charge is 2.10. The molecular formula is C12H16BrCl2NO2. The maximum Gasteiger partial charge on any atom is 0.139 e. The van der Waals surface area contributed by atoms with Crippen LogP contribution >= 0.6 is 39.1 Å². The molecule has 0 amide bonds. The SMILES string of the molecule is COCCNCC(C)Oc1cc(Cl)c(Br)cc1Cl. The normalized spacial score (nSPS) is 12.5. The molecule has 0 spiro atoms. The van der Waals surface area contributed by atoms with Crippen molar-refractivity contribution in [3.05, 3.63) is 26.7 Å². The minimum absolute atomic E-state index is 0.00315. The number of hydrogen-bond donors (Lipinski definition) is 1. The molecule has 1 unspecified atom stereocenters. The number of ether oxygens (including phenoxy) is 2. The van der Waals surface area contributed by atoms with Gasteiger partial charge in [-0.25, -0.2) is 0 Å². The topological polar surface area (TPSA) is 30.5 Å². The van der Waals surface area contributed by atoms with E-state index in [1.54, 1.807) is 19.2 Å². The second-order valence-electron chi connectivity index (χ2n) is 3.82. The van der Waals surface area contributed by atoms with Crippen molar-refractivity contribution in [2.24, 2.45) is 0 Å². The minimum Gasteiger partial charge on any atom is -0.488 e. The van der Waals surface area contributed by atoms with Crippen molar-refractivity contribution in [2.75, 3.05) is 26.8 Å². The first kappa shape index (κ1) is 16.1. The summed E-state index contributed by atoms with van der Waals surface area (Å²) in [5.74, 6) is 0.589. The third-order valence-corrected chi connectivity index (χ3v) is 3.71. The number of methoxy groups -OCH3 is 1. The van der Waals surface area contributed by atoms with Crippen molar-refractivity contribution in [3.63, 3.8) is 0 Å². The van der Waals surface area contributed by atoms with Crippen LogP contribution in [0.5, 0.6) is 5.75 Å². The third kappa shape index (κ3) is 5.33. The molecule has 0 aliphatic carbocycles. The molecule has 18 heavy (non-hydrogen) atoms. The lowest BCUT2D eigenvalue weighted by Gasteiger charge is -2.17. The highest BCUT2D eigenvalue weighted by Crippen LogP contribution is 2.34. The Kier molecular flexibility index (Phi) is 7.34. The first-order chi connectivity index (χ1) is 8.54. The lowest BCUT2D eigenvalue weighted by molar-refractivity contribution is 0.184. The van der Waals surface area contributed by atoms with E-state index in [1.165, 1.54) is 0 Å². The van der Waals surface area contributed by atoms with Crippen LogP contribution in [0.2, 0.25) is 10.0 Å². The van der Waals surface area contributed by atoms with Gasteiger partial charge in [-0.15, -0.1) is 0 Å². The Morgan fingerprint density at radius 3 is 2.72 bits per heavy atom. The second-order valence-corrected chi connectivity index (χ2v) is 5.49. The van der Waals surface area contributed by atoms with Crippen LogP contribution in [0.1, 0.15) is 6.92 Å². The molecule has 1 aromatic rings. The smallest absolute Gasteiger partial charge is 0.139 e. The van der Waals surface area contributed by atoms with E-state index in [1.807, 2.05) is 6.92 Å². The lowest BCUT2D eigenvalue weighted by Crippen LogP contribution is -2.31. The molecule has 0 saturated heterocycles. The van der Waals surface area contributed by atoms with Gasteiger partial charge in [0.05, 0.1) is 16.7 Å². The van der Waals surface area contributed by atoms with Gasteiger partial charge in [-0.2, -0.15) is 0 Å². The summed E-state index contributed by atoms with van der Waals surface area (Å²) in [6.45, 7) is 4.15. The van der Waals surface area contributed by atoms with Gasteiger partial charge in [0.2, 0.25) is 0 Å². The summed E-state index contributed by atoms with van der Waals surface area (Å²) in [5, 5.41) is 4.33. The quantitative estimate of drug-likeness (QED) is 0.596. The standard InChI is InChI=1S/C12H16BrCl2NO2/c1-8(7-16-3-4-17-2)18-12-6-10(14)9(13)5-11(12)15/h5-6,8,16H,3-4,7H2,1-2H3. The lowest BCUT2D eigenvalue weighted by atomic mass is 10.3. The molecule has 0 saturated carbocycles. The van der Waals surface area contributed by atoms with E-state index in [4.69, 9.17) is 32.7 Å². The van der Waals surface area contributed by atoms with Gasteiger partial charge in [-0.1, -0.05) is 23.2 Å². The van der Waals surface area contributed by atoms with Crippen molar-refractivity contribution in [3.8, 4) is 5.75 Å². The fourth-order valence-electron chi connectivity index (χ4n) is 1.33. The van der Waals surface area contributed by atoms with E-state index in [9.17, 15) is 0 Å². The Morgan fingerprint density at radius 2 is 2.06 bits per heavy atom. The molecule has 1 rings (SSSR count). The van der Waals surface area contributed by atoms with Gasteiger partial charge in [0.25, 0.3) is 0 Å². The maximum absolute atomic E-state index is 6.08. The summed E-state index contributed by atoms with van der Waals surface area (Å²) in [7, 11) is 1.67. The van der Waals surface area contributed by atoms with E-state index >= 15 is 0 Å².